The van der Waals surface area contributed by atoms with Crippen molar-refractivity contribution in [1.29, 1.82) is 0 Å². The van der Waals surface area contributed by atoms with Gasteiger partial charge in [-0.05, 0) is 34.6 Å². The van der Waals surface area contributed by atoms with Crippen LogP contribution in [-0.2, 0) is 9.47 Å². The Bertz CT molecular complexity index is 201. The summed E-state index contributed by atoms with van der Waals surface area (Å²) in [7, 11) is 0. The van der Waals surface area contributed by atoms with Crippen molar-refractivity contribution in [2.75, 3.05) is 12.5 Å². The summed E-state index contributed by atoms with van der Waals surface area (Å²) >= 11 is 5.84. The van der Waals surface area contributed by atoms with Crippen molar-refractivity contribution in [2.24, 2.45) is 0 Å². The molecule has 3 heteroatoms. The topological polar surface area (TPSA) is 18.5 Å². The zero-order valence-electron chi connectivity index (χ0n) is 9.11. The van der Waals surface area contributed by atoms with Gasteiger partial charge in [-0.1, -0.05) is 0 Å². The molecule has 0 aromatic rings. The Hall–Kier alpha value is 0.210. The Morgan fingerprint density at radius 3 is 2.00 bits per heavy atom. The SMILES string of the molecule is CC1(CCl)COC(C)(C)C(C)(C)O1. The summed E-state index contributed by atoms with van der Waals surface area (Å²) in [6.07, 6.45) is 0. The molecule has 0 saturated carbocycles. The molecule has 2 nitrogen and oxygen atoms in total. The van der Waals surface area contributed by atoms with Gasteiger partial charge in [0.1, 0.15) is 5.60 Å². The number of rotatable bonds is 1. The molecule has 0 N–H and O–H groups in total. The van der Waals surface area contributed by atoms with E-state index in [1.165, 1.54) is 0 Å². The summed E-state index contributed by atoms with van der Waals surface area (Å²) in [4.78, 5) is 0. The van der Waals surface area contributed by atoms with E-state index < -0.39 is 0 Å². The molecule has 1 saturated heterocycles. The first-order chi connectivity index (χ1) is 5.72. The summed E-state index contributed by atoms with van der Waals surface area (Å²) in [5.41, 5.74) is -0.895. The summed E-state index contributed by atoms with van der Waals surface area (Å²) in [5, 5.41) is 0. The normalized spacial score (nSPS) is 37.4. The third-order valence-corrected chi connectivity index (χ3v) is 3.54. The zero-order valence-corrected chi connectivity index (χ0v) is 9.86. The molecule has 0 spiro atoms. The van der Waals surface area contributed by atoms with Gasteiger partial charge in [0.15, 0.2) is 0 Å². The lowest BCUT2D eigenvalue weighted by atomic mass is 9.86. The molecule has 78 valence electrons. The maximum atomic E-state index is 5.97. The first-order valence-corrected chi connectivity index (χ1v) is 5.16. The van der Waals surface area contributed by atoms with Crippen LogP contribution in [0.5, 0.6) is 0 Å². The van der Waals surface area contributed by atoms with Crippen LogP contribution in [0.1, 0.15) is 34.6 Å². The van der Waals surface area contributed by atoms with E-state index in [0.29, 0.717) is 12.5 Å². The predicted octanol–water partition coefficient (Wildman–Crippen LogP) is 2.59. The van der Waals surface area contributed by atoms with E-state index in [0.717, 1.165) is 0 Å². The summed E-state index contributed by atoms with van der Waals surface area (Å²) < 4.78 is 11.7. The molecule has 0 radical (unpaired) electrons. The van der Waals surface area contributed by atoms with Crippen molar-refractivity contribution in [1.82, 2.24) is 0 Å². The van der Waals surface area contributed by atoms with Gasteiger partial charge in [0.05, 0.1) is 23.7 Å². The van der Waals surface area contributed by atoms with E-state index in [2.05, 4.69) is 0 Å². The third kappa shape index (κ3) is 2.00. The lowest BCUT2D eigenvalue weighted by Crippen LogP contribution is -2.61. The van der Waals surface area contributed by atoms with Crippen LogP contribution in [0.15, 0.2) is 0 Å². The van der Waals surface area contributed by atoms with Gasteiger partial charge in [0, 0.05) is 0 Å². The average molecular weight is 207 g/mol. The monoisotopic (exact) mass is 206 g/mol. The van der Waals surface area contributed by atoms with Gasteiger partial charge >= 0.3 is 0 Å². The van der Waals surface area contributed by atoms with Crippen LogP contribution in [0.4, 0.5) is 0 Å². The van der Waals surface area contributed by atoms with Gasteiger partial charge in [-0.15, -0.1) is 11.6 Å². The summed E-state index contributed by atoms with van der Waals surface area (Å²) in [6, 6.07) is 0. The molecule has 1 unspecified atom stereocenters. The van der Waals surface area contributed by atoms with Crippen molar-refractivity contribution in [3.05, 3.63) is 0 Å². The second kappa shape index (κ2) is 3.11. The van der Waals surface area contributed by atoms with Crippen molar-refractivity contribution in [3.8, 4) is 0 Å². The Kier molecular flexibility index (Phi) is 2.70. The fourth-order valence-electron chi connectivity index (χ4n) is 1.34. The fourth-order valence-corrected chi connectivity index (χ4v) is 1.47. The Morgan fingerprint density at radius 1 is 1.08 bits per heavy atom. The molecule has 1 rings (SSSR count). The number of alkyl halides is 1. The first kappa shape index (κ1) is 11.3. The molecule has 1 aliphatic rings. The molecule has 1 heterocycles. The smallest absolute Gasteiger partial charge is 0.103 e. The molecular formula is C10H19ClO2. The van der Waals surface area contributed by atoms with Crippen molar-refractivity contribution in [2.45, 2.75) is 51.4 Å². The fraction of sp³-hybridized carbons (Fsp3) is 1.00. The largest absolute Gasteiger partial charge is 0.370 e. The Labute approximate surface area is 85.5 Å². The average Bonchev–Trinajstić information content (AvgIpc) is 1.98. The van der Waals surface area contributed by atoms with Crippen LogP contribution >= 0.6 is 11.6 Å². The molecule has 1 atom stereocenters. The molecule has 0 aromatic heterocycles. The van der Waals surface area contributed by atoms with Crippen LogP contribution in [0, 0.1) is 0 Å². The number of hydrogen-bond acceptors (Lipinski definition) is 2. The van der Waals surface area contributed by atoms with E-state index in [-0.39, 0.29) is 16.8 Å². The standard InChI is InChI=1S/C10H19ClO2/c1-8(2)9(3,4)13-10(5,6-11)7-12-8/h6-7H2,1-5H3. The Morgan fingerprint density at radius 2 is 1.62 bits per heavy atom. The van der Waals surface area contributed by atoms with E-state index in [1.807, 2.05) is 34.6 Å². The van der Waals surface area contributed by atoms with Gasteiger partial charge in [-0.2, -0.15) is 0 Å². The minimum atomic E-state index is -0.347. The quantitative estimate of drug-likeness (QED) is 0.614. The van der Waals surface area contributed by atoms with Gasteiger partial charge < -0.3 is 9.47 Å². The molecule has 1 aliphatic heterocycles. The van der Waals surface area contributed by atoms with Gasteiger partial charge in [-0.3, -0.25) is 0 Å². The molecule has 0 amide bonds. The second-order valence-corrected chi connectivity index (χ2v) is 5.26. The summed E-state index contributed by atoms with van der Waals surface area (Å²) in [5.74, 6) is 0.465. The third-order valence-electron chi connectivity index (χ3n) is 2.97. The van der Waals surface area contributed by atoms with E-state index >= 15 is 0 Å². The van der Waals surface area contributed by atoms with Crippen LogP contribution in [0.3, 0.4) is 0 Å². The number of hydrogen-bond donors (Lipinski definition) is 0. The maximum absolute atomic E-state index is 5.97. The zero-order chi connectivity index (χ0) is 10.3. The predicted molar refractivity (Wildman–Crippen MR) is 54.3 cm³/mol. The molecule has 13 heavy (non-hydrogen) atoms. The molecular weight excluding hydrogens is 188 g/mol. The number of halogens is 1. The van der Waals surface area contributed by atoms with Crippen molar-refractivity contribution in [3.63, 3.8) is 0 Å². The second-order valence-electron chi connectivity index (χ2n) is 4.99. The van der Waals surface area contributed by atoms with E-state index in [1.54, 1.807) is 0 Å². The lowest BCUT2D eigenvalue weighted by molar-refractivity contribution is -0.291. The molecule has 0 bridgehead atoms. The van der Waals surface area contributed by atoms with E-state index in [4.69, 9.17) is 21.1 Å². The van der Waals surface area contributed by atoms with Gasteiger partial charge in [0.25, 0.3) is 0 Å². The molecule has 0 aliphatic carbocycles. The van der Waals surface area contributed by atoms with Crippen LogP contribution in [0.2, 0.25) is 0 Å². The van der Waals surface area contributed by atoms with Crippen LogP contribution in [0.25, 0.3) is 0 Å². The molecule has 1 fully saturated rings. The highest BCUT2D eigenvalue weighted by atomic mass is 35.5. The highest BCUT2D eigenvalue weighted by Gasteiger charge is 2.49. The summed E-state index contributed by atoms with van der Waals surface area (Å²) in [6.45, 7) is 10.7. The lowest BCUT2D eigenvalue weighted by Gasteiger charge is -2.51. The Balaban J connectivity index is 2.82. The highest BCUT2D eigenvalue weighted by Crippen LogP contribution is 2.38. The first-order valence-electron chi connectivity index (χ1n) is 4.63. The van der Waals surface area contributed by atoms with Gasteiger partial charge in [0.2, 0.25) is 0 Å². The minimum absolute atomic E-state index is 0.251. The van der Waals surface area contributed by atoms with E-state index in [9.17, 15) is 0 Å². The number of ether oxygens (including phenoxy) is 2. The molecule has 0 aromatic carbocycles. The van der Waals surface area contributed by atoms with Crippen molar-refractivity contribution < 1.29 is 9.47 Å². The van der Waals surface area contributed by atoms with Gasteiger partial charge in [-0.25, -0.2) is 0 Å². The van der Waals surface area contributed by atoms with Crippen LogP contribution < -0.4 is 0 Å². The van der Waals surface area contributed by atoms with Crippen LogP contribution in [-0.4, -0.2) is 29.3 Å². The minimum Gasteiger partial charge on any atom is -0.370 e. The van der Waals surface area contributed by atoms with Crippen molar-refractivity contribution >= 4 is 11.6 Å². The maximum Gasteiger partial charge on any atom is 0.103 e. The highest BCUT2D eigenvalue weighted by molar-refractivity contribution is 6.18.